The number of morpholine rings is 2. The smallest absolute Gasteiger partial charge is 0.350 e. The van der Waals surface area contributed by atoms with E-state index in [0.29, 0.717) is 58.0 Å². The van der Waals surface area contributed by atoms with E-state index in [4.69, 9.17) is 18.9 Å². The molecule has 4 heterocycles. The van der Waals surface area contributed by atoms with E-state index in [9.17, 15) is 33.9 Å². The van der Waals surface area contributed by atoms with E-state index in [1.54, 1.807) is 17.0 Å². The third kappa shape index (κ3) is 19.0. The van der Waals surface area contributed by atoms with Crippen LogP contribution < -0.4 is 15.1 Å². The van der Waals surface area contributed by atoms with E-state index < -0.39 is 24.5 Å². The van der Waals surface area contributed by atoms with Crippen LogP contribution in [0, 0.1) is 58.2 Å². The molecule has 2 saturated carbocycles. The molecule has 2 atom stereocenters. The van der Waals surface area contributed by atoms with Crippen LogP contribution in [0.3, 0.4) is 0 Å². The van der Waals surface area contributed by atoms with Gasteiger partial charge in [-0.1, -0.05) is 37.5 Å². The highest BCUT2D eigenvalue weighted by Crippen LogP contribution is 2.37. The highest BCUT2D eigenvalue weighted by molar-refractivity contribution is 7.15. The third-order valence-corrected chi connectivity index (χ3v) is 14.5. The molecule has 0 spiro atoms. The summed E-state index contributed by atoms with van der Waals surface area (Å²) in [5.41, 5.74) is 0.238. The second kappa shape index (κ2) is 27.3. The van der Waals surface area contributed by atoms with Crippen LogP contribution in [0.2, 0.25) is 0 Å². The fourth-order valence-electron chi connectivity index (χ4n) is 8.39. The van der Waals surface area contributed by atoms with Crippen molar-refractivity contribution in [3.05, 3.63) is 31.6 Å². The van der Waals surface area contributed by atoms with Crippen LogP contribution in [-0.2, 0) is 38.1 Å². The molecule has 2 aliphatic carbocycles. The standard InChI is InChI=1S/C27H38N2O5S.C22H29NO5S.C5H11NO/c1-18-7-9-20(10-8-18)25(31)29(17-23(30)28-13-14-34-19(2)16-28)22-15-21(11-12-27(3,4)5)35-24(22)26(32)33-6;1-14-6-8-15(9-7-14)20(26)23(13-18(24)25)17-12-16(10-11-22(2,3)4)29-19(17)21(27)28-5;1-5-4-6-2-3-7-5/h15,18-20H,7-10,13-14,16-17H2,1-6H3;12,14-15H,6-9,13H2,1-5H3,(H,24,25);5-6H,2-4H2,1H3. The van der Waals surface area contributed by atoms with E-state index >= 15 is 0 Å². The number of esters is 2. The van der Waals surface area contributed by atoms with Crippen LogP contribution in [-0.4, -0.2) is 125 Å². The summed E-state index contributed by atoms with van der Waals surface area (Å²) in [5, 5.41) is 12.6. The van der Waals surface area contributed by atoms with Gasteiger partial charge in [0, 0.05) is 48.8 Å². The molecule has 15 nitrogen and oxygen atoms in total. The molecule has 2 aromatic heterocycles. The Morgan fingerprint density at radius 2 is 1.13 bits per heavy atom. The van der Waals surface area contributed by atoms with Crippen molar-refractivity contribution in [1.82, 2.24) is 10.2 Å². The minimum atomic E-state index is -1.13. The number of hydrogen-bond donors (Lipinski definition) is 2. The fourth-order valence-corrected chi connectivity index (χ4v) is 10.3. The summed E-state index contributed by atoms with van der Waals surface area (Å²) in [5.74, 6) is 10.4. The molecule has 2 aromatic rings. The van der Waals surface area contributed by atoms with Crippen molar-refractivity contribution in [3.63, 3.8) is 0 Å². The average molecular weight is 1020 g/mol. The van der Waals surface area contributed by atoms with Crippen molar-refractivity contribution < 1.29 is 52.8 Å². The number of methoxy groups -OCH3 is 2. The zero-order chi connectivity index (χ0) is 52.6. The number of amides is 3. The number of carboxylic acid groups (broad SMARTS) is 1. The number of hydrogen-bond acceptors (Lipinski definition) is 13. The maximum atomic E-state index is 13.8. The molecule has 6 rings (SSSR count). The minimum Gasteiger partial charge on any atom is -0.480 e. The Balaban J connectivity index is 0.000000274. The number of carbonyl (C=O) groups excluding carboxylic acids is 5. The predicted molar refractivity (Wildman–Crippen MR) is 279 cm³/mol. The van der Waals surface area contributed by atoms with Gasteiger partial charge in [0.1, 0.15) is 22.8 Å². The minimum absolute atomic E-state index is 0.0530. The lowest BCUT2D eigenvalue weighted by Crippen LogP contribution is -2.50. The highest BCUT2D eigenvalue weighted by atomic mass is 32.1. The lowest BCUT2D eigenvalue weighted by molar-refractivity contribution is -0.138. The average Bonchev–Trinajstić information content (AvgIpc) is 3.96. The van der Waals surface area contributed by atoms with Gasteiger partial charge >= 0.3 is 17.9 Å². The van der Waals surface area contributed by atoms with Gasteiger partial charge in [-0.05, 0) is 131 Å². The van der Waals surface area contributed by atoms with E-state index in [1.807, 2.05) is 48.5 Å². The number of rotatable bonds is 10. The second-order valence-electron chi connectivity index (χ2n) is 21.2. The number of carbonyl (C=O) groups is 6. The number of ether oxygens (including phenoxy) is 4. The normalized spacial score (nSPS) is 22.2. The van der Waals surface area contributed by atoms with E-state index in [-0.39, 0.29) is 63.6 Å². The summed E-state index contributed by atoms with van der Waals surface area (Å²) in [4.78, 5) is 83.1. The van der Waals surface area contributed by atoms with Crippen LogP contribution in [0.5, 0.6) is 0 Å². The number of aliphatic carboxylic acids is 1. The molecule has 2 unspecified atom stereocenters. The van der Waals surface area contributed by atoms with Crippen LogP contribution in [0.25, 0.3) is 0 Å². The molecule has 4 aliphatic rings. The Bertz CT molecular complexity index is 2270. The van der Waals surface area contributed by atoms with Crippen LogP contribution >= 0.6 is 22.7 Å². The lowest BCUT2D eigenvalue weighted by atomic mass is 9.82. The molecule has 17 heteroatoms. The monoisotopic (exact) mass is 1020 g/mol. The molecule has 392 valence electrons. The molecule has 0 aromatic carbocycles. The molecule has 2 saturated heterocycles. The first kappa shape index (κ1) is 58.8. The summed E-state index contributed by atoms with van der Waals surface area (Å²) >= 11 is 2.32. The van der Waals surface area contributed by atoms with E-state index in [1.165, 1.54) is 35.4 Å². The molecule has 4 fully saturated rings. The van der Waals surface area contributed by atoms with Gasteiger partial charge in [-0.25, -0.2) is 9.59 Å². The van der Waals surface area contributed by atoms with Crippen molar-refractivity contribution in [3.8, 4) is 23.7 Å². The Labute approximate surface area is 430 Å². The second-order valence-corrected chi connectivity index (χ2v) is 23.3. The summed E-state index contributed by atoms with van der Waals surface area (Å²) in [7, 11) is 2.58. The van der Waals surface area contributed by atoms with Gasteiger partial charge in [0.15, 0.2) is 0 Å². The Kier molecular flexibility index (Phi) is 22.6. The Morgan fingerprint density at radius 3 is 1.48 bits per heavy atom. The Hall–Kier alpha value is -4.78. The van der Waals surface area contributed by atoms with E-state index in [0.717, 1.165) is 82.4 Å². The lowest BCUT2D eigenvalue weighted by Gasteiger charge is -2.34. The third-order valence-electron chi connectivity index (χ3n) is 12.4. The van der Waals surface area contributed by atoms with Gasteiger partial charge in [0.25, 0.3) is 0 Å². The van der Waals surface area contributed by atoms with Crippen LogP contribution in [0.1, 0.15) is 150 Å². The van der Waals surface area contributed by atoms with Crippen LogP contribution in [0.4, 0.5) is 11.4 Å². The summed E-state index contributed by atoms with van der Waals surface area (Å²) in [6, 6.07) is 3.39. The molecular weight excluding hydrogens is 945 g/mol. The molecule has 3 amide bonds. The van der Waals surface area contributed by atoms with E-state index in [2.05, 4.69) is 49.8 Å². The zero-order valence-electron chi connectivity index (χ0n) is 44.1. The quantitative estimate of drug-likeness (QED) is 0.171. The van der Waals surface area contributed by atoms with Gasteiger partial charge in [-0.15, -0.1) is 22.7 Å². The zero-order valence-corrected chi connectivity index (χ0v) is 45.8. The van der Waals surface area contributed by atoms with Crippen molar-refractivity contribution in [1.29, 1.82) is 0 Å². The van der Waals surface area contributed by atoms with Gasteiger partial charge in [0.2, 0.25) is 17.7 Å². The number of carboxylic acids is 1. The maximum absolute atomic E-state index is 13.8. The number of thiophene rings is 2. The molecule has 0 bridgehead atoms. The maximum Gasteiger partial charge on any atom is 0.350 e. The fraction of sp³-hybridized carbons (Fsp3) is 0.667. The molecule has 71 heavy (non-hydrogen) atoms. The van der Waals surface area contributed by atoms with Crippen LogP contribution in [0.15, 0.2) is 12.1 Å². The van der Waals surface area contributed by atoms with Gasteiger partial charge in [-0.3, -0.25) is 24.1 Å². The predicted octanol–water partition coefficient (Wildman–Crippen LogP) is 8.51. The molecule has 0 radical (unpaired) electrons. The summed E-state index contributed by atoms with van der Waals surface area (Å²) in [6.07, 6.45) is 7.23. The first-order valence-corrected chi connectivity index (χ1v) is 26.6. The largest absolute Gasteiger partial charge is 0.480 e. The van der Waals surface area contributed by atoms with Crippen molar-refractivity contribution in [2.45, 2.75) is 133 Å². The first-order valence-electron chi connectivity index (χ1n) is 25.0. The SMILES string of the molecule is CC1CNCCO1.COC(=O)c1sc(C#CC(C)(C)C)cc1N(CC(=O)N1CCOC(C)C1)C(=O)C1CCC(C)CC1.COC(=O)c1sc(C#CC(C)(C)C)cc1N(CC(=O)O)C(=O)C1CCC(C)CC1. The molecule has 2 N–H and O–H groups in total. The van der Waals surface area contributed by atoms with Crippen molar-refractivity contribution >= 4 is 69.7 Å². The topological polar surface area (TPSA) is 181 Å². The number of nitrogens with zero attached hydrogens (tertiary/aromatic N) is 3. The van der Waals surface area contributed by atoms with Crippen molar-refractivity contribution in [2.75, 3.05) is 76.5 Å². The number of nitrogens with one attached hydrogen (secondary N) is 1. The summed E-state index contributed by atoms with van der Waals surface area (Å²) in [6.45, 7) is 24.0. The summed E-state index contributed by atoms with van der Waals surface area (Å²) < 4.78 is 20.7. The van der Waals surface area contributed by atoms with Crippen molar-refractivity contribution in [2.24, 2.45) is 34.5 Å². The van der Waals surface area contributed by atoms with Gasteiger partial charge in [0.05, 0.1) is 60.8 Å². The highest BCUT2D eigenvalue weighted by Gasteiger charge is 2.36. The number of anilines is 2. The Morgan fingerprint density at radius 1 is 0.690 bits per heavy atom. The molecular formula is C54H78N4O11S2. The first-order chi connectivity index (χ1) is 33.4. The van der Waals surface area contributed by atoms with Gasteiger partial charge < -0.3 is 39.2 Å². The van der Waals surface area contributed by atoms with Gasteiger partial charge in [-0.2, -0.15) is 0 Å². The molecule has 2 aliphatic heterocycles.